The van der Waals surface area contributed by atoms with Gasteiger partial charge in [0.1, 0.15) is 11.7 Å². The molecular weight excluding hydrogens is 356 g/mol. The minimum atomic E-state index is -0.884. The van der Waals surface area contributed by atoms with Crippen LogP contribution in [0.4, 0.5) is 0 Å². The lowest BCUT2D eigenvalue weighted by molar-refractivity contribution is -0.139. The molecule has 0 bridgehead atoms. The molecule has 1 aromatic heterocycles. The lowest BCUT2D eigenvalue weighted by atomic mass is 9.81. The zero-order valence-corrected chi connectivity index (χ0v) is 16.8. The van der Waals surface area contributed by atoms with Gasteiger partial charge in [-0.15, -0.1) is 11.8 Å². The largest absolute Gasteiger partial charge is 0.481 e. The second-order valence-electron chi connectivity index (χ2n) is 7.45. The zero-order chi connectivity index (χ0) is 19.4. The molecular formula is C22H24N2O2S. The molecule has 1 aliphatic heterocycles. The molecule has 3 rings (SSSR count). The summed E-state index contributed by atoms with van der Waals surface area (Å²) in [5.74, 6) is 6.25. The fourth-order valence-corrected chi connectivity index (χ4v) is 4.68. The molecule has 2 aromatic rings. The van der Waals surface area contributed by atoms with Crippen molar-refractivity contribution in [2.24, 2.45) is 0 Å². The van der Waals surface area contributed by atoms with E-state index in [1.807, 2.05) is 18.7 Å². The number of benzene rings is 1. The number of carbonyl (C=O) groups is 1. The van der Waals surface area contributed by atoms with Gasteiger partial charge in [-0.25, -0.2) is 9.97 Å². The van der Waals surface area contributed by atoms with Gasteiger partial charge >= 0.3 is 5.97 Å². The van der Waals surface area contributed by atoms with Gasteiger partial charge in [0.05, 0.1) is 5.56 Å². The van der Waals surface area contributed by atoms with E-state index in [-0.39, 0.29) is 5.41 Å². The van der Waals surface area contributed by atoms with Crippen molar-refractivity contribution in [3.63, 3.8) is 0 Å². The third-order valence-corrected chi connectivity index (χ3v) is 5.98. The quantitative estimate of drug-likeness (QED) is 0.784. The van der Waals surface area contributed by atoms with Crippen LogP contribution in [-0.4, -0.2) is 26.8 Å². The SMILES string of the molecule is CCCC(C(=O)O)c1ncc(C#Cc2ccc3c(c2)C(C)(C)CCS3)cn1. The number of aromatic nitrogens is 2. The lowest BCUT2D eigenvalue weighted by Gasteiger charge is -2.32. The minimum Gasteiger partial charge on any atom is -0.481 e. The highest BCUT2D eigenvalue weighted by Gasteiger charge is 2.27. The normalized spacial score (nSPS) is 16.0. The summed E-state index contributed by atoms with van der Waals surface area (Å²) in [5, 5.41) is 9.31. The van der Waals surface area contributed by atoms with E-state index in [9.17, 15) is 9.90 Å². The molecule has 5 heteroatoms. The molecule has 1 N–H and O–H groups in total. The van der Waals surface area contributed by atoms with Gasteiger partial charge in [-0.2, -0.15) is 0 Å². The topological polar surface area (TPSA) is 63.1 Å². The number of rotatable bonds is 4. The molecule has 0 fully saturated rings. The third kappa shape index (κ3) is 4.51. The van der Waals surface area contributed by atoms with Gasteiger partial charge in [-0.05, 0) is 47.8 Å². The van der Waals surface area contributed by atoms with Crippen LogP contribution in [0.2, 0.25) is 0 Å². The molecule has 0 saturated carbocycles. The summed E-state index contributed by atoms with van der Waals surface area (Å²) >= 11 is 1.91. The molecule has 1 aliphatic rings. The van der Waals surface area contributed by atoms with Crippen molar-refractivity contribution in [3.05, 3.63) is 53.1 Å². The lowest BCUT2D eigenvalue weighted by Crippen LogP contribution is -2.22. The Morgan fingerprint density at radius 3 is 2.63 bits per heavy atom. The Hall–Kier alpha value is -2.32. The number of carboxylic acid groups (broad SMARTS) is 1. The number of aliphatic carboxylic acids is 1. The van der Waals surface area contributed by atoms with Crippen molar-refractivity contribution < 1.29 is 9.90 Å². The van der Waals surface area contributed by atoms with Gasteiger partial charge in [-0.3, -0.25) is 4.79 Å². The molecule has 0 radical (unpaired) electrons. The third-order valence-electron chi connectivity index (χ3n) is 4.90. The maximum absolute atomic E-state index is 11.3. The Labute approximate surface area is 164 Å². The first-order chi connectivity index (χ1) is 12.9. The first-order valence-corrected chi connectivity index (χ1v) is 10.2. The van der Waals surface area contributed by atoms with Crippen LogP contribution >= 0.6 is 11.8 Å². The Morgan fingerprint density at radius 1 is 1.26 bits per heavy atom. The summed E-state index contributed by atoms with van der Waals surface area (Å²) in [6, 6.07) is 6.40. The van der Waals surface area contributed by atoms with Crippen molar-refractivity contribution in [3.8, 4) is 11.8 Å². The fourth-order valence-electron chi connectivity index (χ4n) is 3.19. The summed E-state index contributed by atoms with van der Waals surface area (Å²) in [7, 11) is 0. The predicted octanol–water partition coefficient (Wildman–Crippen LogP) is 4.62. The van der Waals surface area contributed by atoms with Crippen molar-refractivity contribution in [2.45, 2.75) is 56.3 Å². The van der Waals surface area contributed by atoms with Crippen LogP contribution in [0.3, 0.4) is 0 Å². The number of fused-ring (bicyclic) bond motifs is 1. The predicted molar refractivity (Wildman–Crippen MR) is 108 cm³/mol. The monoisotopic (exact) mass is 380 g/mol. The van der Waals surface area contributed by atoms with Crippen LogP contribution < -0.4 is 0 Å². The van der Waals surface area contributed by atoms with Crippen molar-refractivity contribution in [2.75, 3.05) is 5.75 Å². The van der Waals surface area contributed by atoms with E-state index in [0.717, 1.165) is 17.7 Å². The summed E-state index contributed by atoms with van der Waals surface area (Å²) in [5.41, 5.74) is 3.20. The number of nitrogens with zero attached hydrogens (tertiary/aromatic N) is 2. The van der Waals surface area contributed by atoms with Gasteiger partial charge in [0.15, 0.2) is 0 Å². The van der Waals surface area contributed by atoms with Gasteiger partial charge in [0, 0.05) is 22.9 Å². The minimum absolute atomic E-state index is 0.175. The fraction of sp³-hybridized carbons (Fsp3) is 0.409. The standard InChI is InChI=1S/C22H24N2O2S/c1-4-5-17(21(25)26)20-23-13-16(14-24-20)7-6-15-8-9-19-18(12-15)22(2,3)10-11-27-19/h8-9,12-14,17H,4-5,10-11H2,1-3H3,(H,25,26). The molecule has 0 saturated heterocycles. The zero-order valence-electron chi connectivity index (χ0n) is 16.0. The Morgan fingerprint density at radius 2 is 1.96 bits per heavy atom. The molecule has 140 valence electrons. The Bertz CT molecular complexity index is 895. The molecule has 1 aromatic carbocycles. The first kappa shape index (κ1) is 19.4. The summed E-state index contributed by atoms with van der Waals surface area (Å²) in [6.07, 6.45) is 5.69. The van der Waals surface area contributed by atoms with Crippen molar-refractivity contribution in [1.29, 1.82) is 0 Å². The average Bonchev–Trinajstić information content (AvgIpc) is 2.65. The smallest absolute Gasteiger partial charge is 0.314 e. The van der Waals surface area contributed by atoms with E-state index in [0.29, 0.717) is 17.8 Å². The van der Waals surface area contributed by atoms with E-state index >= 15 is 0 Å². The molecule has 1 unspecified atom stereocenters. The highest BCUT2D eigenvalue weighted by Crippen LogP contribution is 2.41. The maximum atomic E-state index is 11.3. The summed E-state index contributed by atoms with van der Waals surface area (Å²) in [4.78, 5) is 21.1. The summed E-state index contributed by atoms with van der Waals surface area (Å²) in [6.45, 7) is 6.52. The van der Waals surface area contributed by atoms with Crippen LogP contribution in [0.15, 0.2) is 35.5 Å². The molecule has 2 heterocycles. The van der Waals surface area contributed by atoms with Gasteiger partial charge in [0.25, 0.3) is 0 Å². The van der Waals surface area contributed by atoms with E-state index in [1.165, 1.54) is 16.9 Å². The summed E-state index contributed by atoms with van der Waals surface area (Å²) < 4.78 is 0. The maximum Gasteiger partial charge on any atom is 0.314 e. The Balaban J connectivity index is 1.81. The molecule has 27 heavy (non-hydrogen) atoms. The first-order valence-electron chi connectivity index (χ1n) is 9.25. The molecule has 0 spiro atoms. The van der Waals surface area contributed by atoms with Crippen molar-refractivity contribution in [1.82, 2.24) is 9.97 Å². The van der Waals surface area contributed by atoms with Crippen LogP contribution in [0, 0.1) is 11.8 Å². The van der Waals surface area contributed by atoms with Crippen molar-refractivity contribution >= 4 is 17.7 Å². The van der Waals surface area contributed by atoms with Gasteiger partial charge in [-0.1, -0.05) is 39.0 Å². The molecule has 4 nitrogen and oxygen atoms in total. The van der Waals surface area contributed by atoms with E-state index in [2.05, 4.69) is 53.9 Å². The molecule has 0 amide bonds. The Kier molecular flexibility index (Phi) is 5.86. The highest BCUT2D eigenvalue weighted by atomic mass is 32.2. The number of hydrogen-bond acceptors (Lipinski definition) is 4. The van der Waals surface area contributed by atoms with Crippen LogP contribution in [-0.2, 0) is 10.2 Å². The number of hydrogen-bond donors (Lipinski definition) is 1. The van der Waals surface area contributed by atoms with Crippen LogP contribution in [0.1, 0.15) is 68.5 Å². The van der Waals surface area contributed by atoms with E-state index < -0.39 is 11.9 Å². The molecule has 0 aliphatic carbocycles. The molecule has 1 atom stereocenters. The number of carboxylic acids is 1. The second kappa shape index (κ2) is 8.14. The second-order valence-corrected chi connectivity index (χ2v) is 8.59. The van der Waals surface area contributed by atoms with E-state index in [1.54, 1.807) is 12.4 Å². The van der Waals surface area contributed by atoms with Gasteiger partial charge < -0.3 is 5.11 Å². The average molecular weight is 381 g/mol. The highest BCUT2D eigenvalue weighted by molar-refractivity contribution is 7.99. The van der Waals surface area contributed by atoms with E-state index in [4.69, 9.17) is 0 Å². The number of thioether (sulfide) groups is 1. The van der Waals surface area contributed by atoms with Gasteiger partial charge in [0.2, 0.25) is 0 Å². The van der Waals surface area contributed by atoms with Crippen LogP contribution in [0.25, 0.3) is 0 Å². The van der Waals surface area contributed by atoms with Crippen LogP contribution in [0.5, 0.6) is 0 Å².